The second-order valence-electron chi connectivity index (χ2n) is 2.07. The molecule has 1 aromatic rings. The summed E-state index contributed by atoms with van der Waals surface area (Å²) in [6.07, 6.45) is -0.558. The number of thiophene rings is 1. The maximum absolute atomic E-state index is 9.34. The molecule has 0 amide bonds. The third kappa shape index (κ3) is 2.43. The number of hydrogen-bond donors (Lipinski definition) is 3. The predicted octanol–water partition coefficient (Wildman–Crippen LogP) is 0.898. The summed E-state index contributed by atoms with van der Waals surface area (Å²) in [6.45, 7) is 0.344. The Labute approximate surface area is 73.8 Å². The Morgan fingerprint density at radius 2 is 2.45 bits per heavy atom. The first-order valence-corrected chi connectivity index (χ1v) is 4.30. The number of hydrazine groups is 1. The quantitative estimate of drug-likeness (QED) is 0.493. The molecule has 11 heavy (non-hydrogen) atoms. The van der Waals surface area contributed by atoms with Crippen LogP contribution in [0.2, 0.25) is 4.34 Å². The minimum atomic E-state index is -0.558. The Morgan fingerprint density at radius 3 is 2.91 bits per heavy atom. The Hall–Kier alpha value is -0.130. The van der Waals surface area contributed by atoms with Gasteiger partial charge in [-0.3, -0.25) is 11.3 Å². The molecule has 0 aliphatic rings. The lowest BCUT2D eigenvalue weighted by atomic mass is 10.3. The minimum Gasteiger partial charge on any atom is -0.386 e. The maximum Gasteiger partial charge on any atom is 0.102 e. The van der Waals surface area contributed by atoms with Crippen LogP contribution in [-0.4, -0.2) is 11.7 Å². The van der Waals surface area contributed by atoms with Crippen LogP contribution in [0.3, 0.4) is 0 Å². The molecular weight excluding hydrogens is 184 g/mol. The smallest absolute Gasteiger partial charge is 0.102 e. The molecule has 0 fully saturated rings. The lowest BCUT2D eigenvalue weighted by Gasteiger charge is -2.05. The van der Waals surface area contributed by atoms with Gasteiger partial charge >= 0.3 is 0 Å². The van der Waals surface area contributed by atoms with Crippen LogP contribution in [0.1, 0.15) is 11.0 Å². The number of nitrogens with two attached hydrogens (primary N) is 1. The number of nitrogens with one attached hydrogen (secondary N) is 1. The molecule has 1 atom stereocenters. The average molecular weight is 193 g/mol. The molecule has 0 aromatic carbocycles. The molecule has 3 nitrogen and oxygen atoms in total. The minimum absolute atomic E-state index is 0.344. The van der Waals surface area contributed by atoms with E-state index < -0.39 is 6.10 Å². The summed E-state index contributed by atoms with van der Waals surface area (Å²) < 4.78 is 0.677. The van der Waals surface area contributed by atoms with E-state index in [1.807, 2.05) is 0 Å². The molecule has 0 saturated carbocycles. The van der Waals surface area contributed by atoms with Crippen molar-refractivity contribution in [3.8, 4) is 0 Å². The Morgan fingerprint density at radius 1 is 1.73 bits per heavy atom. The first kappa shape index (κ1) is 8.96. The highest BCUT2D eigenvalue weighted by atomic mass is 35.5. The van der Waals surface area contributed by atoms with Crippen LogP contribution in [0.5, 0.6) is 0 Å². The zero-order valence-electron chi connectivity index (χ0n) is 5.75. The van der Waals surface area contributed by atoms with E-state index in [0.29, 0.717) is 10.9 Å². The van der Waals surface area contributed by atoms with Gasteiger partial charge in [-0.25, -0.2) is 0 Å². The number of halogens is 1. The van der Waals surface area contributed by atoms with Crippen LogP contribution in [0.4, 0.5) is 0 Å². The van der Waals surface area contributed by atoms with Crippen LogP contribution in [-0.2, 0) is 0 Å². The Balaban J connectivity index is 2.60. The van der Waals surface area contributed by atoms with E-state index >= 15 is 0 Å². The van der Waals surface area contributed by atoms with Crippen LogP contribution in [0.25, 0.3) is 0 Å². The number of aliphatic hydroxyl groups is 1. The second-order valence-corrected chi connectivity index (χ2v) is 3.81. The van der Waals surface area contributed by atoms with Crippen molar-refractivity contribution in [2.24, 2.45) is 5.84 Å². The van der Waals surface area contributed by atoms with Crippen molar-refractivity contribution < 1.29 is 5.11 Å². The van der Waals surface area contributed by atoms with Crippen LogP contribution < -0.4 is 11.3 Å². The van der Waals surface area contributed by atoms with Gasteiger partial charge < -0.3 is 5.11 Å². The van der Waals surface area contributed by atoms with Crippen LogP contribution in [0, 0.1) is 0 Å². The van der Waals surface area contributed by atoms with E-state index in [1.54, 1.807) is 12.1 Å². The SMILES string of the molecule is NNCC(O)c1ccc(Cl)s1. The number of rotatable bonds is 3. The second kappa shape index (κ2) is 4.04. The zero-order chi connectivity index (χ0) is 8.27. The van der Waals surface area contributed by atoms with Crippen molar-refractivity contribution >= 4 is 22.9 Å². The topological polar surface area (TPSA) is 58.3 Å². The molecule has 0 bridgehead atoms. The van der Waals surface area contributed by atoms with Gasteiger partial charge in [0.05, 0.1) is 4.34 Å². The van der Waals surface area contributed by atoms with Crippen molar-refractivity contribution in [3.05, 3.63) is 21.3 Å². The molecule has 0 aliphatic heterocycles. The molecule has 0 aliphatic carbocycles. The molecule has 62 valence electrons. The molecule has 1 aromatic heterocycles. The van der Waals surface area contributed by atoms with Gasteiger partial charge in [0, 0.05) is 11.4 Å². The van der Waals surface area contributed by atoms with Gasteiger partial charge in [0.1, 0.15) is 6.10 Å². The van der Waals surface area contributed by atoms with E-state index in [0.717, 1.165) is 4.88 Å². The largest absolute Gasteiger partial charge is 0.386 e. The highest BCUT2D eigenvalue weighted by molar-refractivity contribution is 7.16. The third-order valence-electron chi connectivity index (χ3n) is 1.23. The lowest BCUT2D eigenvalue weighted by molar-refractivity contribution is 0.179. The highest BCUT2D eigenvalue weighted by Crippen LogP contribution is 2.26. The van der Waals surface area contributed by atoms with E-state index in [9.17, 15) is 5.11 Å². The number of aliphatic hydroxyl groups excluding tert-OH is 1. The summed E-state index contributed by atoms with van der Waals surface area (Å²) in [5, 5.41) is 9.34. The molecule has 0 saturated heterocycles. The standard InChI is InChI=1S/C6H9ClN2OS/c7-6-2-1-5(11-6)4(10)3-9-8/h1-2,4,9-10H,3,8H2. The van der Waals surface area contributed by atoms with Gasteiger partial charge in [-0.05, 0) is 12.1 Å². The van der Waals surface area contributed by atoms with E-state index in [-0.39, 0.29) is 0 Å². The van der Waals surface area contributed by atoms with E-state index in [2.05, 4.69) is 5.43 Å². The summed E-state index contributed by atoms with van der Waals surface area (Å²) in [7, 11) is 0. The van der Waals surface area contributed by atoms with Crippen LogP contribution >= 0.6 is 22.9 Å². The fourth-order valence-corrected chi connectivity index (χ4v) is 1.77. The Kier molecular flexibility index (Phi) is 3.29. The normalized spacial score (nSPS) is 13.4. The van der Waals surface area contributed by atoms with Gasteiger partial charge in [-0.15, -0.1) is 11.3 Å². The average Bonchev–Trinajstić information content (AvgIpc) is 2.36. The van der Waals surface area contributed by atoms with Gasteiger partial charge in [-0.2, -0.15) is 0 Å². The maximum atomic E-state index is 9.34. The molecule has 1 unspecified atom stereocenters. The fraction of sp³-hybridized carbons (Fsp3) is 0.333. The van der Waals surface area contributed by atoms with Gasteiger partial charge in [0.2, 0.25) is 0 Å². The summed E-state index contributed by atoms with van der Waals surface area (Å²) in [6, 6.07) is 3.54. The van der Waals surface area contributed by atoms with Crippen molar-refractivity contribution in [2.45, 2.75) is 6.10 Å². The number of hydrogen-bond acceptors (Lipinski definition) is 4. The predicted molar refractivity (Wildman–Crippen MR) is 46.5 cm³/mol. The summed E-state index contributed by atoms with van der Waals surface area (Å²) >= 11 is 7.02. The van der Waals surface area contributed by atoms with Crippen LogP contribution in [0.15, 0.2) is 12.1 Å². The van der Waals surface area contributed by atoms with Gasteiger partial charge in [-0.1, -0.05) is 11.6 Å². The van der Waals surface area contributed by atoms with E-state index in [4.69, 9.17) is 17.4 Å². The first-order chi connectivity index (χ1) is 5.24. The van der Waals surface area contributed by atoms with Gasteiger partial charge in [0.15, 0.2) is 0 Å². The fourth-order valence-electron chi connectivity index (χ4n) is 0.720. The zero-order valence-corrected chi connectivity index (χ0v) is 7.32. The highest BCUT2D eigenvalue weighted by Gasteiger charge is 2.08. The molecule has 1 rings (SSSR count). The van der Waals surface area contributed by atoms with E-state index in [1.165, 1.54) is 11.3 Å². The summed E-state index contributed by atoms with van der Waals surface area (Å²) in [4.78, 5) is 0.827. The van der Waals surface area contributed by atoms with Gasteiger partial charge in [0.25, 0.3) is 0 Å². The molecule has 0 spiro atoms. The molecule has 1 heterocycles. The monoisotopic (exact) mass is 192 g/mol. The molecular formula is C6H9ClN2OS. The summed E-state index contributed by atoms with van der Waals surface area (Å²) in [5.41, 5.74) is 2.39. The first-order valence-electron chi connectivity index (χ1n) is 3.11. The summed E-state index contributed by atoms with van der Waals surface area (Å²) in [5.74, 6) is 5.04. The lowest BCUT2D eigenvalue weighted by Crippen LogP contribution is -2.27. The van der Waals surface area contributed by atoms with Crippen molar-refractivity contribution in [1.82, 2.24) is 5.43 Å². The van der Waals surface area contributed by atoms with Crippen molar-refractivity contribution in [1.29, 1.82) is 0 Å². The van der Waals surface area contributed by atoms with Crippen molar-refractivity contribution in [3.63, 3.8) is 0 Å². The Bertz CT molecular complexity index is 228. The molecule has 5 heteroatoms. The molecule has 4 N–H and O–H groups in total. The third-order valence-corrected chi connectivity index (χ3v) is 2.57. The molecule has 0 radical (unpaired) electrons. The van der Waals surface area contributed by atoms with Crippen molar-refractivity contribution in [2.75, 3.05) is 6.54 Å².